The zero-order valence-electron chi connectivity index (χ0n) is 21.9. The van der Waals surface area contributed by atoms with E-state index in [1.165, 1.54) is 21.1 Å². The van der Waals surface area contributed by atoms with Crippen molar-refractivity contribution in [2.75, 3.05) is 39.5 Å². The molecule has 2 aliphatic rings. The SMILES string of the molecule is Cc1c(C(=O)NC[C@H]2CCCO2)nn(C(C)(C)C)c1Oc1ccc([N+](=O)[O-])cc1S(=O)(=O)N1CCOCC1. The van der Waals surface area contributed by atoms with Crippen molar-refractivity contribution in [3.05, 3.63) is 39.6 Å². The lowest BCUT2D eigenvalue weighted by Crippen LogP contribution is -2.40. The number of sulfonamides is 1. The number of nitro benzene ring substituents is 1. The minimum atomic E-state index is -4.16. The summed E-state index contributed by atoms with van der Waals surface area (Å²) < 4.78 is 46.8. The van der Waals surface area contributed by atoms with E-state index in [4.69, 9.17) is 14.2 Å². The largest absolute Gasteiger partial charge is 0.438 e. The molecular formula is C24H33N5O8S. The molecule has 0 bridgehead atoms. The number of benzene rings is 1. The average molecular weight is 552 g/mol. The molecule has 2 aromatic rings. The van der Waals surface area contributed by atoms with E-state index >= 15 is 0 Å². The zero-order chi connectivity index (χ0) is 27.7. The second kappa shape index (κ2) is 11.0. The third kappa shape index (κ3) is 5.82. The molecule has 13 nitrogen and oxygen atoms in total. The van der Waals surface area contributed by atoms with E-state index in [1.807, 2.05) is 20.8 Å². The summed E-state index contributed by atoms with van der Waals surface area (Å²) in [7, 11) is -4.16. The Bertz CT molecular complexity index is 1310. The van der Waals surface area contributed by atoms with Crippen LogP contribution in [0.5, 0.6) is 11.6 Å². The molecular weight excluding hydrogens is 518 g/mol. The summed E-state index contributed by atoms with van der Waals surface area (Å²) in [4.78, 5) is 23.5. The highest BCUT2D eigenvalue weighted by atomic mass is 32.2. The first-order valence-electron chi connectivity index (χ1n) is 12.4. The van der Waals surface area contributed by atoms with Crippen LogP contribution in [0.1, 0.15) is 49.7 Å². The van der Waals surface area contributed by atoms with E-state index in [-0.39, 0.29) is 60.3 Å². The van der Waals surface area contributed by atoms with Gasteiger partial charge in [-0.1, -0.05) is 0 Å². The molecule has 14 heteroatoms. The summed E-state index contributed by atoms with van der Waals surface area (Å²) in [6.45, 7) is 8.91. The van der Waals surface area contributed by atoms with Crippen molar-refractivity contribution < 1.29 is 32.3 Å². The molecule has 38 heavy (non-hydrogen) atoms. The fourth-order valence-electron chi connectivity index (χ4n) is 4.29. The monoisotopic (exact) mass is 551 g/mol. The van der Waals surface area contributed by atoms with Crippen molar-refractivity contribution in [1.82, 2.24) is 19.4 Å². The first-order chi connectivity index (χ1) is 17.9. The molecule has 0 radical (unpaired) electrons. The summed E-state index contributed by atoms with van der Waals surface area (Å²) in [5, 5.41) is 18.8. The molecule has 1 aromatic carbocycles. The lowest BCUT2D eigenvalue weighted by molar-refractivity contribution is -0.385. The average Bonchev–Trinajstić information content (AvgIpc) is 3.51. The van der Waals surface area contributed by atoms with Gasteiger partial charge in [0.05, 0.1) is 29.8 Å². The first kappa shape index (κ1) is 28.0. The normalized spacial score (nSPS) is 18.9. The highest BCUT2D eigenvalue weighted by molar-refractivity contribution is 7.89. The maximum atomic E-state index is 13.5. The molecule has 2 fully saturated rings. The number of ether oxygens (including phenoxy) is 3. The van der Waals surface area contributed by atoms with Gasteiger partial charge >= 0.3 is 0 Å². The van der Waals surface area contributed by atoms with Gasteiger partial charge in [0.1, 0.15) is 10.6 Å². The van der Waals surface area contributed by atoms with Crippen LogP contribution in [0.15, 0.2) is 23.1 Å². The molecule has 1 amide bonds. The second-order valence-corrected chi connectivity index (χ2v) is 12.1. The van der Waals surface area contributed by atoms with Crippen LogP contribution in [0.25, 0.3) is 0 Å². The van der Waals surface area contributed by atoms with E-state index in [0.717, 1.165) is 18.9 Å². The Morgan fingerprint density at radius 3 is 2.58 bits per heavy atom. The summed E-state index contributed by atoms with van der Waals surface area (Å²) in [5.74, 6) is -0.357. The zero-order valence-corrected chi connectivity index (χ0v) is 22.7. The fraction of sp³-hybridized carbons (Fsp3) is 0.583. The molecule has 2 saturated heterocycles. The van der Waals surface area contributed by atoms with Crippen LogP contribution in [-0.2, 0) is 25.0 Å². The molecule has 0 aliphatic carbocycles. The number of carbonyl (C=O) groups excluding carboxylic acids is 1. The molecule has 1 N–H and O–H groups in total. The number of morpholine rings is 1. The van der Waals surface area contributed by atoms with Gasteiger partial charge in [-0.25, -0.2) is 13.1 Å². The standard InChI is InChI=1S/C24H33N5O8S/c1-16-21(22(30)25-15-18-6-5-11-36-18)26-28(24(2,3)4)23(16)37-19-8-7-17(29(31)32)14-20(19)38(33,34)27-9-12-35-13-10-27/h7-8,14,18H,5-6,9-13,15H2,1-4H3,(H,25,30)/t18-/m1/s1. The maximum Gasteiger partial charge on any atom is 0.272 e. The van der Waals surface area contributed by atoms with E-state index in [0.29, 0.717) is 18.7 Å². The molecule has 3 heterocycles. The van der Waals surface area contributed by atoms with Crippen molar-refractivity contribution in [3.8, 4) is 11.6 Å². The van der Waals surface area contributed by atoms with E-state index < -0.39 is 26.4 Å². The van der Waals surface area contributed by atoms with E-state index in [1.54, 1.807) is 6.92 Å². The van der Waals surface area contributed by atoms with Gasteiger partial charge in [0.15, 0.2) is 5.69 Å². The number of hydrogen-bond acceptors (Lipinski definition) is 9. The molecule has 208 valence electrons. The Labute approximate surface area is 221 Å². The number of non-ortho nitro benzene ring substituents is 1. The highest BCUT2D eigenvalue weighted by Gasteiger charge is 2.34. The summed E-state index contributed by atoms with van der Waals surface area (Å²) in [6, 6.07) is 3.42. The number of amides is 1. The molecule has 1 aromatic heterocycles. The predicted molar refractivity (Wildman–Crippen MR) is 136 cm³/mol. The van der Waals surface area contributed by atoms with Crippen LogP contribution in [0.4, 0.5) is 5.69 Å². The minimum Gasteiger partial charge on any atom is -0.438 e. The van der Waals surface area contributed by atoms with Crippen LogP contribution in [-0.4, -0.2) is 78.9 Å². The first-order valence-corrected chi connectivity index (χ1v) is 13.9. The number of nitrogens with one attached hydrogen (secondary N) is 1. The van der Waals surface area contributed by atoms with Crippen molar-refractivity contribution in [3.63, 3.8) is 0 Å². The van der Waals surface area contributed by atoms with Crippen LogP contribution in [0.2, 0.25) is 0 Å². The van der Waals surface area contributed by atoms with Crippen LogP contribution in [0.3, 0.4) is 0 Å². The van der Waals surface area contributed by atoms with Crippen molar-refractivity contribution in [2.24, 2.45) is 0 Å². The maximum absolute atomic E-state index is 13.5. The van der Waals surface area contributed by atoms with Gasteiger partial charge in [-0.2, -0.15) is 9.40 Å². The quantitative estimate of drug-likeness (QED) is 0.385. The smallest absolute Gasteiger partial charge is 0.272 e. The van der Waals surface area contributed by atoms with Gasteiger partial charge < -0.3 is 19.5 Å². The topological polar surface area (TPSA) is 155 Å². The number of carbonyl (C=O) groups is 1. The Kier molecular flexibility index (Phi) is 8.06. The Balaban J connectivity index is 1.73. The fourth-order valence-corrected chi connectivity index (χ4v) is 5.83. The van der Waals surface area contributed by atoms with Gasteiger partial charge in [-0.05, 0) is 46.6 Å². The predicted octanol–water partition coefficient (Wildman–Crippen LogP) is 2.58. The van der Waals surface area contributed by atoms with E-state index in [2.05, 4.69) is 10.4 Å². The van der Waals surface area contributed by atoms with Crippen molar-refractivity contribution >= 4 is 21.6 Å². The minimum absolute atomic E-state index is 0.0484. The number of nitrogens with zero attached hydrogens (tertiary/aromatic N) is 4. The molecule has 0 saturated carbocycles. The third-order valence-corrected chi connectivity index (χ3v) is 8.29. The molecule has 1 atom stereocenters. The molecule has 2 aliphatic heterocycles. The van der Waals surface area contributed by atoms with Gasteiger partial charge in [0.2, 0.25) is 15.9 Å². The number of aromatic nitrogens is 2. The third-order valence-electron chi connectivity index (χ3n) is 6.37. The molecule has 0 spiro atoms. The summed E-state index contributed by atoms with van der Waals surface area (Å²) >= 11 is 0. The summed E-state index contributed by atoms with van der Waals surface area (Å²) in [6.07, 6.45) is 1.76. The van der Waals surface area contributed by atoms with Crippen LogP contribution >= 0.6 is 0 Å². The Hall–Kier alpha value is -3.07. The van der Waals surface area contributed by atoms with Gasteiger partial charge in [-0.3, -0.25) is 14.9 Å². The Morgan fingerprint density at radius 1 is 1.26 bits per heavy atom. The summed E-state index contributed by atoms with van der Waals surface area (Å²) in [5.41, 5.74) is -0.498. The second-order valence-electron chi connectivity index (χ2n) is 10.2. The van der Waals surface area contributed by atoms with Crippen LogP contribution in [0, 0.1) is 17.0 Å². The van der Waals surface area contributed by atoms with Gasteiger partial charge in [0, 0.05) is 43.9 Å². The van der Waals surface area contributed by atoms with Crippen molar-refractivity contribution in [2.45, 2.75) is 57.1 Å². The van der Waals surface area contributed by atoms with Gasteiger partial charge in [0.25, 0.3) is 11.6 Å². The van der Waals surface area contributed by atoms with Crippen LogP contribution < -0.4 is 10.1 Å². The highest BCUT2D eigenvalue weighted by Crippen LogP contribution is 2.37. The lowest BCUT2D eigenvalue weighted by atomic mass is 10.1. The lowest BCUT2D eigenvalue weighted by Gasteiger charge is -2.27. The van der Waals surface area contributed by atoms with Gasteiger partial charge in [-0.15, -0.1) is 0 Å². The van der Waals surface area contributed by atoms with Crippen molar-refractivity contribution in [1.29, 1.82) is 0 Å². The van der Waals surface area contributed by atoms with E-state index in [9.17, 15) is 23.3 Å². The number of nitro groups is 1. The number of hydrogen-bond donors (Lipinski definition) is 1. The molecule has 0 unspecified atom stereocenters. The number of rotatable bonds is 8. The Morgan fingerprint density at radius 2 is 1.97 bits per heavy atom. The molecule has 4 rings (SSSR count).